The Morgan fingerprint density at radius 1 is 0.765 bits per heavy atom. The molecule has 0 saturated carbocycles. The smallest absolute Gasteiger partial charge is 0.271 e. The third-order valence-electron chi connectivity index (χ3n) is 9.49. The molecule has 5 aromatic carbocycles. The molecule has 6 aromatic rings. The number of fused-ring (bicyclic) bond motifs is 1. The minimum Gasteiger partial charge on any atom is -0.392 e. The highest BCUT2D eigenvalue weighted by atomic mass is 16.7. The molecular formula is C43H42N4O4. The molecule has 1 fully saturated rings. The number of hydrogen-bond donors (Lipinski definition) is 2. The van der Waals surface area contributed by atoms with E-state index in [1.165, 1.54) is 11.8 Å². The van der Waals surface area contributed by atoms with Crippen LogP contribution >= 0.6 is 0 Å². The number of aliphatic hydroxyl groups is 1. The standard InChI is InChI=1S/C43H42N4O4/c1-29-40(27-47(2)26-30-9-4-3-5-10-30)50-43(51-41(29)34-17-15-31(28-48)16-18-34)35-21-19-33(20-22-35)36-12-8-11-32(23-36)24-45-42(49)39-25-44-37-13-6-7-14-38(37)46-39/h3-23,25,29,40-41,43,48H,24,26-28H2,1-2H3,(H,45,49). The Kier molecular flexibility index (Phi) is 10.6. The van der Waals surface area contributed by atoms with Crippen molar-refractivity contribution < 1.29 is 19.4 Å². The van der Waals surface area contributed by atoms with Gasteiger partial charge in [0.05, 0.1) is 36.0 Å². The summed E-state index contributed by atoms with van der Waals surface area (Å²) in [4.78, 5) is 24.0. The molecule has 1 aliphatic rings. The summed E-state index contributed by atoms with van der Waals surface area (Å²) >= 11 is 0. The second-order valence-corrected chi connectivity index (χ2v) is 13.3. The molecule has 51 heavy (non-hydrogen) atoms. The number of para-hydroxylation sites is 2. The highest BCUT2D eigenvalue weighted by molar-refractivity contribution is 5.93. The molecule has 1 aliphatic heterocycles. The van der Waals surface area contributed by atoms with Crippen LogP contribution < -0.4 is 5.32 Å². The number of carbonyl (C=O) groups is 1. The van der Waals surface area contributed by atoms with E-state index in [-0.39, 0.29) is 36.3 Å². The van der Waals surface area contributed by atoms with Gasteiger partial charge in [0.25, 0.3) is 5.91 Å². The lowest BCUT2D eigenvalue weighted by Crippen LogP contribution is -2.43. The maximum atomic E-state index is 12.9. The topological polar surface area (TPSA) is 96.8 Å². The van der Waals surface area contributed by atoms with Gasteiger partial charge in [-0.15, -0.1) is 0 Å². The zero-order valence-corrected chi connectivity index (χ0v) is 28.9. The van der Waals surface area contributed by atoms with Crippen molar-refractivity contribution in [2.45, 2.75) is 45.1 Å². The predicted octanol–water partition coefficient (Wildman–Crippen LogP) is 7.64. The zero-order chi connectivity index (χ0) is 35.2. The van der Waals surface area contributed by atoms with E-state index >= 15 is 0 Å². The van der Waals surface area contributed by atoms with Gasteiger partial charge in [0.2, 0.25) is 0 Å². The summed E-state index contributed by atoms with van der Waals surface area (Å²) in [5.41, 5.74) is 8.93. The van der Waals surface area contributed by atoms with E-state index in [0.29, 0.717) is 12.1 Å². The first-order valence-corrected chi connectivity index (χ1v) is 17.4. The maximum absolute atomic E-state index is 12.9. The van der Waals surface area contributed by atoms with Crippen molar-refractivity contribution in [3.8, 4) is 11.1 Å². The van der Waals surface area contributed by atoms with Gasteiger partial charge in [-0.05, 0) is 58.6 Å². The van der Waals surface area contributed by atoms with E-state index < -0.39 is 6.29 Å². The lowest BCUT2D eigenvalue weighted by atomic mass is 9.90. The first-order chi connectivity index (χ1) is 24.9. The minimum absolute atomic E-state index is 0.00437. The van der Waals surface area contributed by atoms with Gasteiger partial charge in [-0.3, -0.25) is 14.7 Å². The van der Waals surface area contributed by atoms with E-state index in [1.807, 2.05) is 66.7 Å². The first kappa shape index (κ1) is 34.2. The van der Waals surface area contributed by atoms with Crippen molar-refractivity contribution in [1.82, 2.24) is 20.2 Å². The minimum atomic E-state index is -0.548. The molecule has 1 saturated heterocycles. The number of likely N-dealkylation sites (N-methyl/N-ethyl adjacent to an activating group) is 1. The van der Waals surface area contributed by atoms with Crippen molar-refractivity contribution in [2.75, 3.05) is 13.6 Å². The average molecular weight is 679 g/mol. The predicted molar refractivity (Wildman–Crippen MR) is 198 cm³/mol. The zero-order valence-electron chi connectivity index (χ0n) is 28.9. The number of aliphatic hydroxyl groups excluding tert-OH is 1. The molecule has 4 atom stereocenters. The van der Waals surface area contributed by atoms with Gasteiger partial charge in [-0.2, -0.15) is 0 Å². The summed E-state index contributed by atoms with van der Waals surface area (Å²) in [6.07, 6.45) is 0.703. The third-order valence-corrected chi connectivity index (χ3v) is 9.49. The fraction of sp³-hybridized carbons (Fsp3) is 0.233. The Hall–Kier alpha value is -5.25. The summed E-state index contributed by atoms with van der Waals surface area (Å²) in [6.45, 7) is 4.13. The molecule has 2 N–H and O–H groups in total. The lowest BCUT2D eigenvalue weighted by Gasteiger charge is -2.42. The number of amides is 1. The Bertz CT molecular complexity index is 2070. The molecular weight excluding hydrogens is 636 g/mol. The van der Waals surface area contributed by atoms with Gasteiger partial charge < -0.3 is 19.9 Å². The van der Waals surface area contributed by atoms with Gasteiger partial charge in [0.15, 0.2) is 6.29 Å². The van der Waals surface area contributed by atoms with E-state index in [1.54, 1.807) is 0 Å². The number of benzene rings is 5. The SMILES string of the molecule is CC1C(CN(C)Cc2ccccc2)OC(c2ccc(-c3cccc(CNC(=O)c4cnc5ccccc5n4)c3)cc2)OC1c1ccc(CO)cc1. The second kappa shape index (κ2) is 15.7. The molecule has 1 aromatic heterocycles. The number of rotatable bonds is 11. The van der Waals surface area contributed by atoms with Crippen LogP contribution in [0.25, 0.3) is 22.2 Å². The Morgan fingerprint density at radius 3 is 2.24 bits per heavy atom. The van der Waals surface area contributed by atoms with Gasteiger partial charge in [0.1, 0.15) is 5.69 Å². The summed E-state index contributed by atoms with van der Waals surface area (Å²) in [6, 6.07) is 42.4. The molecule has 0 bridgehead atoms. The molecule has 0 radical (unpaired) electrons. The quantitative estimate of drug-likeness (QED) is 0.145. The number of ether oxygens (including phenoxy) is 2. The number of aromatic nitrogens is 2. The van der Waals surface area contributed by atoms with Crippen LogP contribution in [0.4, 0.5) is 0 Å². The molecule has 1 amide bonds. The molecule has 8 heteroatoms. The molecule has 258 valence electrons. The van der Waals surface area contributed by atoms with Gasteiger partial charge in [0, 0.05) is 31.1 Å². The molecule has 2 heterocycles. The summed E-state index contributed by atoms with van der Waals surface area (Å²) in [5.74, 6) is -0.174. The normalized spacial score (nSPS) is 18.9. The molecule has 0 aliphatic carbocycles. The second-order valence-electron chi connectivity index (χ2n) is 13.3. The monoisotopic (exact) mass is 678 g/mol. The van der Waals surface area contributed by atoms with Crippen LogP contribution in [-0.4, -0.2) is 45.6 Å². The van der Waals surface area contributed by atoms with Crippen LogP contribution in [0.3, 0.4) is 0 Å². The Labute approximate surface area is 298 Å². The molecule has 4 unspecified atom stereocenters. The van der Waals surface area contributed by atoms with Crippen LogP contribution in [0.2, 0.25) is 0 Å². The number of hydrogen-bond acceptors (Lipinski definition) is 7. The van der Waals surface area contributed by atoms with E-state index in [4.69, 9.17) is 9.47 Å². The van der Waals surface area contributed by atoms with Crippen molar-refractivity contribution in [2.24, 2.45) is 5.92 Å². The van der Waals surface area contributed by atoms with Crippen LogP contribution in [-0.2, 0) is 29.2 Å². The Morgan fingerprint density at radius 2 is 1.47 bits per heavy atom. The van der Waals surface area contributed by atoms with Gasteiger partial charge in [-0.25, -0.2) is 4.98 Å². The average Bonchev–Trinajstić information content (AvgIpc) is 3.18. The summed E-state index contributed by atoms with van der Waals surface area (Å²) < 4.78 is 13.4. The Balaban J connectivity index is 1.05. The van der Waals surface area contributed by atoms with Gasteiger partial charge in [-0.1, -0.05) is 116 Å². The van der Waals surface area contributed by atoms with E-state index in [2.05, 4.69) is 94.8 Å². The van der Waals surface area contributed by atoms with Gasteiger partial charge >= 0.3 is 0 Å². The first-order valence-electron chi connectivity index (χ1n) is 17.4. The highest BCUT2D eigenvalue weighted by Crippen LogP contribution is 2.42. The molecule has 8 nitrogen and oxygen atoms in total. The van der Waals surface area contributed by atoms with E-state index in [0.717, 1.165) is 52.0 Å². The van der Waals surface area contributed by atoms with Crippen LogP contribution in [0, 0.1) is 5.92 Å². The van der Waals surface area contributed by atoms with Crippen molar-refractivity contribution >= 4 is 16.9 Å². The van der Waals surface area contributed by atoms with Crippen LogP contribution in [0.15, 0.2) is 134 Å². The number of nitrogens with one attached hydrogen (secondary N) is 1. The highest BCUT2D eigenvalue weighted by Gasteiger charge is 2.38. The van der Waals surface area contributed by atoms with Crippen molar-refractivity contribution in [1.29, 1.82) is 0 Å². The van der Waals surface area contributed by atoms with Crippen LogP contribution in [0.5, 0.6) is 0 Å². The summed E-state index contributed by atoms with van der Waals surface area (Å²) in [7, 11) is 2.13. The molecule has 7 rings (SSSR count). The van der Waals surface area contributed by atoms with Crippen LogP contribution in [0.1, 0.15) is 57.6 Å². The number of carbonyl (C=O) groups excluding carboxylic acids is 1. The van der Waals surface area contributed by atoms with Crippen molar-refractivity contribution in [3.63, 3.8) is 0 Å². The van der Waals surface area contributed by atoms with E-state index in [9.17, 15) is 9.90 Å². The van der Waals surface area contributed by atoms with Crippen molar-refractivity contribution in [3.05, 3.63) is 167 Å². The fourth-order valence-corrected chi connectivity index (χ4v) is 6.63. The largest absolute Gasteiger partial charge is 0.392 e. The number of nitrogens with zero attached hydrogens (tertiary/aromatic N) is 3. The maximum Gasteiger partial charge on any atom is 0.271 e. The third kappa shape index (κ3) is 8.22. The fourth-order valence-electron chi connectivity index (χ4n) is 6.63. The lowest BCUT2D eigenvalue weighted by molar-refractivity contribution is -0.276. The summed E-state index contributed by atoms with van der Waals surface area (Å²) in [5, 5.41) is 12.6. The molecule has 0 spiro atoms.